The van der Waals surface area contributed by atoms with Crippen LogP contribution < -0.4 is 0 Å². The number of fused-ring (bicyclic) bond motifs is 1. The minimum Gasteiger partial charge on any atom is -0.477 e. The predicted octanol–water partition coefficient (Wildman–Crippen LogP) is 4.02. The molecule has 0 aliphatic carbocycles. The molecule has 20 heavy (non-hydrogen) atoms. The van der Waals surface area contributed by atoms with Crippen LogP contribution in [-0.4, -0.2) is 21.0 Å². The Bertz CT molecular complexity index is 829. The Labute approximate surface area is 123 Å². The molecular weight excluding hydrogens is 296 g/mol. The number of aryl methyl sites for hydroxylation is 1. The van der Waals surface area contributed by atoms with Gasteiger partial charge in [0.25, 0.3) is 0 Å². The zero-order valence-electron chi connectivity index (χ0n) is 10.4. The molecule has 0 fully saturated rings. The number of halogens is 1. The van der Waals surface area contributed by atoms with E-state index in [4.69, 9.17) is 16.7 Å². The van der Waals surface area contributed by atoms with Gasteiger partial charge in [-0.25, -0.2) is 9.78 Å². The fourth-order valence-corrected chi connectivity index (χ4v) is 3.17. The molecular formula is C14H9ClN2O2S. The standard InChI is InChI=1S/C14H9ClN2O2S/c1-7-12(14(18)19)20-13(17-7)9-4-5-10(15)8-3-2-6-16-11(8)9/h2-6H,1H3,(H,18,19). The Morgan fingerprint density at radius 3 is 2.85 bits per heavy atom. The molecule has 0 unspecified atom stereocenters. The van der Waals surface area contributed by atoms with Gasteiger partial charge >= 0.3 is 5.97 Å². The van der Waals surface area contributed by atoms with E-state index in [0.717, 1.165) is 27.8 Å². The molecule has 0 saturated carbocycles. The first kappa shape index (κ1) is 13.0. The maximum Gasteiger partial charge on any atom is 0.347 e. The summed E-state index contributed by atoms with van der Waals surface area (Å²) in [6, 6.07) is 7.29. The number of pyridine rings is 1. The molecule has 0 radical (unpaired) electrons. The molecule has 0 bridgehead atoms. The average Bonchev–Trinajstić information content (AvgIpc) is 2.81. The van der Waals surface area contributed by atoms with E-state index in [1.807, 2.05) is 18.2 Å². The van der Waals surface area contributed by atoms with Gasteiger partial charge in [0, 0.05) is 17.1 Å². The Hall–Kier alpha value is -1.98. The molecule has 6 heteroatoms. The highest BCUT2D eigenvalue weighted by atomic mass is 35.5. The lowest BCUT2D eigenvalue weighted by atomic mass is 10.1. The van der Waals surface area contributed by atoms with Crippen LogP contribution in [0.2, 0.25) is 5.02 Å². The van der Waals surface area contributed by atoms with Crippen LogP contribution in [0.4, 0.5) is 0 Å². The summed E-state index contributed by atoms with van der Waals surface area (Å²) < 4.78 is 0. The third-order valence-electron chi connectivity index (χ3n) is 2.94. The summed E-state index contributed by atoms with van der Waals surface area (Å²) in [4.78, 5) is 20.0. The van der Waals surface area contributed by atoms with Crippen molar-refractivity contribution in [1.82, 2.24) is 9.97 Å². The molecule has 3 rings (SSSR count). The molecule has 3 aromatic rings. The number of hydrogen-bond acceptors (Lipinski definition) is 4. The SMILES string of the molecule is Cc1nc(-c2ccc(Cl)c3cccnc23)sc1C(=O)O. The van der Waals surface area contributed by atoms with Crippen molar-refractivity contribution in [2.24, 2.45) is 0 Å². The summed E-state index contributed by atoms with van der Waals surface area (Å²) in [7, 11) is 0. The van der Waals surface area contributed by atoms with Crippen LogP contribution in [-0.2, 0) is 0 Å². The molecule has 0 aliphatic rings. The summed E-state index contributed by atoms with van der Waals surface area (Å²) in [5, 5.41) is 11.2. The monoisotopic (exact) mass is 304 g/mol. The number of carboxylic acids is 1. The second kappa shape index (κ2) is 4.85. The van der Waals surface area contributed by atoms with Crippen molar-refractivity contribution < 1.29 is 9.90 Å². The van der Waals surface area contributed by atoms with Crippen molar-refractivity contribution in [3.63, 3.8) is 0 Å². The average molecular weight is 305 g/mol. The minimum atomic E-state index is -0.961. The number of carboxylic acid groups (broad SMARTS) is 1. The highest BCUT2D eigenvalue weighted by Gasteiger charge is 2.17. The summed E-state index contributed by atoms with van der Waals surface area (Å²) in [6.07, 6.45) is 1.68. The largest absolute Gasteiger partial charge is 0.477 e. The first-order valence-corrected chi connectivity index (χ1v) is 7.01. The van der Waals surface area contributed by atoms with Gasteiger partial charge in [0.15, 0.2) is 0 Å². The molecule has 2 aromatic heterocycles. The number of nitrogens with zero attached hydrogens (tertiary/aromatic N) is 2. The zero-order valence-corrected chi connectivity index (χ0v) is 12.0. The molecule has 0 aliphatic heterocycles. The maximum atomic E-state index is 11.1. The van der Waals surface area contributed by atoms with Gasteiger partial charge in [-0.3, -0.25) is 4.98 Å². The van der Waals surface area contributed by atoms with Crippen LogP contribution in [0.1, 0.15) is 15.4 Å². The van der Waals surface area contributed by atoms with Crippen molar-refractivity contribution in [2.75, 3.05) is 0 Å². The summed E-state index contributed by atoms with van der Waals surface area (Å²) in [5.41, 5.74) is 2.04. The number of thiazole rings is 1. The fraction of sp³-hybridized carbons (Fsp3) is 0.0714. The normalized spacial score (nSPS) is 10.9. The fourth-order valence-electron chi connectivity index (χ4n) is 2.02. The zero-order chi connectivity index (χ0) is 14.3. The molecule has 0 amide bonds. The van der Waals surface area contributed by atoms with Crippen LogP contribution in [0.25, 0.3) is 21.5 Å². The molecule has 4 nitrogen and oxygen atoms in total. The van der Waals surface area contributed by atoms with E-state index in [1.165, 1.54) is 0 Å². The topological polar surface area (TPSA) is 63.1 Å². The van der Waals surface area contributed by atoms with Crippen molar-refractivity contribution in [1.29, 1.82) is 0 Å². The number of aromatic carboxylic acids is 1. The summed E-state index contributed by atoms with van der Waals surface area (Å²) in [6.45, 7) is 1.69. The van der Waals surface area contributed by atoms with E-state index in [2.05, 4.69) is 9.97 Å². The molecule has 0 saturated heterocycles. The van der Waals surface area contributed by atoms with Gasteiger partial charge in [-0.2, -0.15) is 0 Å². The van der Waals surface area contributed by atoms with Crippen LogP contribution in [0.15, 0.2) is 30.5 Å². The predicted molar refractivity (Wildman–Crippen MR) is 79.6 cm³/mol. The Balaban J connectivity index is 2.28. The molecule has 1 N–H and O–H groups in total. The molecule has 0 atom stereocenters. The van der Waals surface area contributed by atoms with Gasteiger partial charge in [-0.05, 0) is 31.2 Å². The quantitative estimate of drug-likeness (QED) is 0.776. The smallest absolute Gasteiger partial charge is 0.347 e. The molecule has 2 heterocycles. The second-order valence-electron chi connectivity index (χ2n) is 4.23. The molecule has 100 valence electrons. The maximum absolute atomic E-state index is 11.1. The van der Waals surface area contributed by atoms with Gasteiger partial charge in [0.05, 0.1) is 16.2 Å². The molecule has 1 aromatic carbocycles. The highest BCUT2D eigenvalue weighted by molar-refractivity contribution is 7.17. The Morgan fingerprint density at radius 2 is 2.15 bits per heavy atom. The van der Waals surface area contributed by atoms with E-state index in [1.54, 1.807) is 19.2 Å². The number of hydrogen-bond donors (Lipinski definition) is 1. The minimum absolute atomic E-state index is 0.249. The third kappa shape index (κ3) is 2.05. The van der Waals surface area contributed by atoms with Gasteiger partial charge < -0.3 is 5.11 Å². The van der Waals surface area contributed by atoms with Crippen molar-refractivity contribution in [3.05, 3.63) is 46.1 Å². The number of benzene rings is 1. The van der Waals surface area contributed by atoms with Crippen LogP contribution in [0.3, 0.4) is 0 Å². The van der Waals surface area contributed by atoms with E-state index in [0.29, 0.717) is 15.7 Å². The Morgan fingerprint density at radius 1 is 1.35 bits per heavy atom. The Kier molecular flexibility index (Phi) is 3.16. The van der Waals surface area contributed by atoms with E-state index in [-0.39, 0.29) is 4.88 Å². The third-order valence-corrected chi connectivity index (χ3v) is 4.45. The lowest BCUT2D eigenvalue weighted by Crippen LogP contribution is -1.94. The number of aromatic nitrogens is 2. The van der Waals surface area contributed by atoms with Crippen LogP contribution in [0, 0.1) is 6.92 Å². The van der Waals surface area contributed by atoms with E-state index < -0.39 is 5.97 Å². The van der Waals surface area contributed by atoms with Crippen molar-refractivity contribution >= 4 is 39.8 Å². The van der Waals surface area contributed by atoms with Gasteiger partial charge in [-0.1, -0.05) is 11.6 Å². The summed E-state index contributed by atoms with van der Waals surface area (Å²) in [5.74, 6) is -0.961. The lowest BCUT2D eigenvalue weighted by molar-refractivity contribution is 0.0701. The van der Waals surface area contributed by atoms with Gasteiger partial charge in [0.1, 0.15) is 9.88 Å². The summed E-state index contributed by atoms with van der Waals surface area (Å²) >= 11 is 7.30. The van der Waals surface area contributed by atoms with Gasteiger partial charge in [0.2, 0.25) is 0 Å². The van der Waals surface area contributed by atoms with Crippen molar-refractivity contribution in [2.45, 2.75) is 6.92 Å². The first-order valence-electron chi connectivity index (χ1n) is 5.82. The first-order chi connectivity index (χ1) is 9.58. The van der Waals surface area contributed by atoms with E-state index in [9.17, 15) is 4.79 Å². The lowest BCUT2D eigenvalue weighted by Gasteiger charge is -2.04. The van der Waals surface area contributed by atoms with Crippen LogP contribution >= 0.6 is 22.9 Å². The van der Waals surface area contributed by atoms with Gasteiger partial charge in [-0.15, -0.1) is 11.3 Å². The highest BCUT2D eigenvalue weighted by Crippen LogP contribution is 2.34. The van der Waals surface area contributed by atoms with Crippen LogP contribution in [0.5, 0.6) is 0 Å². The van der Waals surface area contributed by atoms with E-state index >= 15 is 0 Å². The van der Waals surface area contributed by atoms with Crippen molar-refractivity contribution in [3.8, 4) is 10.6 Å². The second-order valence-corrected chi connectivity index (χ2v) is 5.64. The molecule has 0 spiro atoms. The number of rotatable bonds is 2. The number of carbonyl (C=O) groups is 1.